The summed E-state index contributed by atoms with van der Waals surface area (Å²) in [6, 6.07) is 10.1. The molecule has 4 aliphatic heterocycles. The van der Waals surface area contributed by atoms with Crippen LogP contribution in [0.4, 0.5) is 5.69 Å². The smallest absolute Gasteiger partial charge is 0.340 e. The molecule has 46 heteroatoms. The number of ether oxygens (including phenoxy) is 2. The first-order valence-corrected chi connectivity index (χ1v) is 43.5. The van der Waals surface area contributed by atoms with E-state index in [1.807, 2.05) is 18.2 Å². The van der Waals surface area contributed by atoms with Crippen molar-refractivity contribution in [1.29, 1.82) is 27.0 Å². The van der Waals surface area contributed by atoms with E-state index in [4.69, 9.17) is 83.1 Å². The number of rotatable bonds is 34. The lowest BCUT2D eigenvalue weighted by Crippen LogP contribution is -2.63. The molecule has 0 aromatic heterocycles. The van der Waals surface area contributed by atoms with Gasteiger partial charge in [0.1, 0.15) is 83.4 Å². The number of aliphatic hydroxyl groups is 1. The number of primary amides is 1. The molecule has 2 fully saturated rings. The van der Waals surface area contributed by atoms with Crippen molar-refractivity contribution < 1.29 is 82.3 Å². The van der Waals surface area contributed by atoms with Gasteiger partial charge >= 0.3 is 5.97 Å². The number of amides is 11. The quantitative estimate of drug-likeness (QED) is 0.00652. The van der Waals surface area contributed by atoms with Gasteiger partial charge in [0.15, 0.2) is 40.5 Å². The predicted octanol–water partition coefficient (Wildman–Crippen LogP) is -2.76. The lowest BCUT2D eigenvalue weighted by molar-refractivity contribution is -0.148. The minimum atomic E-state index is -1.87. The van der Waals surface area contributed by atoms with Gasteiger partial charge in [-0.05, 0) is 181 Å². The molecule has 1 spiro atoms. The molecule has 0 bridgehead atoms. The molecule has 11 amide bonds. The van der Waals surface area contributed by atoms with Gasteiger partial charge < -0.3 is 149 Å². The van der Waals surface area contributed by atoms with Gasteiger partial charge in [-0.1, -0.05) is 48.5 Å². The summed E-state index contributed by atoms with van der Waals surface area (Å²) >= 11 is 5.64. The van der Waals surface area contributed by atoms with E-state index in [-0.39, 0.29) is 169 Å². The van der Waals surface area contributed by atoms with Gasteiger partial charge in [-0.25, -0.2) is 4.79 Å². The maximum atomic E-state index is 15.4. The van der Waals surface area contributed by atoms with Gasteiger partial charge in [0.25, 0.3) is 0 Å². The van der Waals surface area contributed by atoms with Crippen molar-refractivity contribution in [2.24, 2.45) is 34.4 Å². The molecule has 36 N–H and O–H groups in total. The molecule has 0 unspecified atom stereocenters. The molecular formula is C85H118N28O17S. The number of carbonyl (C=O) groups excluding carboxylic acids is 12. The summed E-state index contributed by atoms with van der Waals surface area (Å²) < 4.78 is 12.3. The fourth-order valence-corrected chi connectivity index (χ4v) is 15.9. The number of fused-ring (bicyclic) bond motifs is 8. The van der Waals surface area contributed by atoms with Crippen LogP contribution in [-0.2, 0) is 69.5 Å². The van der Waals surface area contributed by atoms with Crippen LogP contribution < -0.4 is 124 Å². The Hall–Kier alpha value is -14.6. The van der Waals surface area contributed by atoms with Crippen LogP contribution in [0, 0.1) is 27.0 Å². The third-order valence-corrected chi connectivity index (χ3v) is 22.6. The van der Waals surface area contributed by atoms with E-state index >= 15 is 38.4 Å². The van der Waals surface area contributed by atoms with Crippen molar-refractivity contribution in [1.82, 2.24) is 84.7 Å². The highest BCUT2D eigenvalue weighted by atomic mass is 32.1. The van der Waals surface area contributed by atoms with E-state index in [9.17, 15) is 34.5 Å². The third-order valence-electron chi connectivity index (χ3n) is 22.3. The van der Waals surface area contributed by atoms with E-state index in [2.05, 4.69) is 85.1 Å². The first kappa shape index (κ1) is 100. The monoisotopic (exact) mass is 1830 g/mol. The molecule has 5 aromatic carbocycles. The Morgan fingerprint density at radius 2 is 0.924 bits per heavy atom. The number of nitrogens with one attached hydrogen (secondary N) is 21. The molecule has 0 saturated carbocycles. The number of phenolic OH excluding ortho intramolecular Hbond substituents is 2. The minimum Gasteiger partial charge on any atom is -0.508 e. The second kappa shape index (κ2) is 48.0. The zero-order valence-corrected chi connectivity index (χ0v) is 73.2. The summed E-state index contributed by atoms with van der Waals surface area (Å²) in [7, 11) is 0. The number of carbonyl (C=O) groups is 12. The zero-order valence-electron chi connectivity index (χ0n) is 72.3. The van der Waals surface area contributed by atoms with Gasteiger partial charge in [-0.2, -0.15) is 0 Å². The highest BCUT2D eigenvalue weighted by molar-refractivity contribution is 7.80. The highest BCUT2D eigenvalue weighted by Crippen LogP contribution is 2.57. The Balaban J connectivity index is 1.02. The first-order valence-electron chi connectivity index (χ1n) is 43.1. The Morgan fingerprint density at radius 3 is 1.38 bits per heavy atom. The standard InChI is InChI=1S/C85H118N28O17S/c1-44(114)67-77(127)113-38-7-5-21-63(113)76(126)111-62(40-45-22-23-46-13-2-3-14-47(46)39-45)75(125)109-59(19-11-36-100-82(93)94)71(121)106-58(18-10-35-99-81(91)92)72(122)110-61(73(123)107-57(17-9-34-98-80(89)90)69(119)105-56(16-8-33-97-79(87)88)70(120)108-60(74(124)112-67)20-12-37-101-83(95)96)30-31-66(117)104-55(68(86)118)15-4-6-32-102-84(131)103-48-24-27-52-51(41-48)78(128)130-85(52)53-28-25-49(115)42-64(53)129-65-43-50(116)26-29-54(65)85/h2-3,13-14,22-29,39,41-44,55-63,67,114-116H,4-12,15-21,30-38,40H2,1H3,(H2,86,118)(H,104,117)(H,105,119)(H,106,121)(H,107,123)(H,108,120)(H,109,125)(H,110,122)(H,111,126)(H,112,124)(H4,87,88,97)(H4,89,90,98)(H4,91,92,99)(H4,93,94,100)(H4,95,96,101)(H2,102,103,131)/t44-,55+,56+,57+,58+,59+,60+,61+,62+,63+,67-/m1/s1. The number of aliphatic hydroxyl groups excluding tert-OH is 1. The summed E-state index contributed by atoms with van der Waals surface area (Å²) in [5.74, 6) is -13.8. The molecule has 2 saturated heterocycles. The topological polar surface area (TPSA) is 755 Å². The fourth-order valence-electron chi connectivity index (χ4n) is 15.7. The Bertz CT molecular complexity index is 5030. The zero-order chi connectivity index (χ0) is 95.2. The summed E-state index contributed by atoms with van der Waals surface area (Å²) in [5.41, 5.74) is 34.9. The number of esters is 1. The van der Waals surface area contributed by atoms with E-state index in [0.29, 0.717) is 47.2 Å². The Kier molecular flexibility index (Phi) is 36.7. The van der Waals surface area contributed by atoms with Crippen LogP contribution in [0.5, 0.6) is 23.0 Å². The number of thiocarbonyl (C=S) groups is 1. The Labute approximate surface area is 759 Å². The average Bonchev–Trinajstić information content (AvgIpc) is 1.57. The molecule has 45 nitrogen and oxygen atoms in total. The number of unbranched alkanes of at least 4 members (excludes halogenated alkanes) is 1. The van der Waals surface area contributed by atoms with Crippen LogP contribution in [0.1, 0.15) is 155 Å². The number of aromatic hydroxyl groups is 2. The molecule has 11 atom stereocenters. The number of piperidine rings is 1. The molecule has 0 aliphatic carbocycles. The largest absolute Gasteiger partial charge is 0.508 e. The number of hydrogen-bond donors (Lipinski definition) is 30. The van der Waals surface area contributed by atoms with Gasteiger partial charge in [-0.15, -0.1) is 0 Å². The lowest BCUT2D eigenvalue weighted by Gasteiger charge is -2.38. The van der Waals surface area contributed by atoms with Crippen LogP contribution >= 0.6 is 12.2 Å². The number of nitrogens with two attached hydrogens (primary N) is 6. The summed E-state index contributed by atoms with van der Waals surface area (Å²) in [6.07, 6.45) is -3.45. The number of anilines is 1. The van der Waals surface area contributed by atoms with Crippen LogP contribution in [0.3, 0.4) is 0 Å². The Morgan fingerprint density at radius 1 is 0.496 bits per heavy atom. The fraction of sp³-hybridized carbons (Fsp3) is 0.459. The van der Waals surface area contributed by atoms with E-state index < -0.39 is 186 Å². The summed E-state index contributed by atoms with van der Waals surface area (Å²) in [5, 5.41) is 116. The van der Waals surface area contributed by atoms with Crippen molar-refractivity contribution in [3.05, 3.63) is 125 Å². The van der Waals surface area contributed by atoms with E-state index in [1.165, 1.54) is 31.2 Å². The first-order chi connectivity index (χ1) is 62.5. The highest BCUT2D eigenvalue weighted by Gasteiger charge is 2.54. The SMILES string of the molecule is C[C@@H](O)[C@H]1NC(=O)[C@H](CCCNC(=N)N)NC(=O)[C@H](CCCNC(=N)N)NC(=O)[C@H](CCCNC(=N)N)NC(=O)[C@H](CCC(=O)N[C@@H](CCCCNC(=S)Nc2ccc3c(c2)C(=O)OC32c3ccc(O)cc3Oc3cc(O)ccc32)C(N)=O)NC(=O)[C@H](CCCNC(=N)N)NC(=O)[C@H](CCCNC(=N)N)NC(=O)[C@H](Cc2ccc3ccccc3c2)NC(=O)[C@@H]2CCCCN2C1=O. The minimum absolute atomic E-state index is 0.00879. The second-order valence-electron chi connectivity index (χ2n) is 32.2. The molecule has 4 heterocycles. The molecule has 0 radical (unpaired) electrons. The molecule has 5 aromatic rings. The second-order valence-corrected chi connectivity index (χ2v) is 32.6. The number of guanidine groups is 5. The third kappa shape index (κ3) is 29.0. The summed E-state index contributed by atoms with van der Waals surface area (Å²) in [6.45, 7) is 1.06. The number of nitrogens with zero attached hydrogens (tertiary/aromatic N) is 1. The van der Waals surface area contributed by atoms with Crippen LogP contribution in [-0.4, -0.2) is 238 Å². The van der Waals surface area contributed by atoms with E-state index in [1.54, 1.807) is 54.6 Å². The molecular weight excluding hydrogens is 1720 g/mol. The lowest BCUT2D eigenvalue weighted by atomic mass is 9.77. The normalized spacial score (nSPS) is 20.6. The van der Waals surface area contributed by atoms with Gasteiger partial charge in [0.05, 0.1) is 11.7 Å². The van der Waals surface area contributed by atoms with Crippen LogP contribution in [0.2, 0.25) is 0 Å². The van der Waals surface area contributed by atoms with E-state index in [0.717, 1.165) is 15.7 Å². The number of phenols is 2. The van der Waals surface area contributed by atoms with Gasteiger partial charge in [0, 0.05) is 93.2 Å². The molecule has 131 heavy (non-hydrogen) atoms. The van der Waals surface area contributed by atoms with Crippen molar-refractivity contribution in [2.75, 3.05) is 51.1 Å². The van der Waals surface area contributed by atoms with Gasteiger partial charge in [0.2, 0.25) is 65.0 Å². The van der Waals surface area contributed by atoms with Crippen molar-refractivity contribution >= 4 is 135 Å². The summed E-state index contributed by atoms with van der Waals surface area (Å²) in [4.78, 5) is 179. The maximum absolute atomic E-state index is 15.4. The number of benzene rings is 5. The van der Waals surface area contributed by atoms with Gasteiger partial charge in [-0.3, -0.25) is 79.8 Å². The maximum Gasteiger partial charge on any atom is 0.340 e. The molecule has 9 rings (SSSR count). The van der Waals surface area contributed by atoms with Crippen molar-refractivity contribution in [3.63, 3.8) is 0 Å². The molecule has 4 aliphatic rings. The average molecular weight is 1840 g/mol. The molecule has 706 valence electrons. The van der Waals surface area contributed by atoms with Crippen molar-refractivity contribution in [3.8, 4) is 23.0 Å². The predicted molar refractivity (Wildman–Crippen MR) is 486 cm³/mol. The van der Waals surface area contributed by atoms with Crippen LogP contribution in [0.15, 0.2) is 97.1 Å². The van der Waals surface area contributed by atoms with Crippen LogP contribution in [0.25, 0.3) is 10.8 Å². The van der Waals surface area contributed by atoms with Crippen molar-refractivity contribution in [2.45, 2.75) is 201 Å². The number of hydrogen-bond acceptors (Lipinski definition) is 23.